The Kier molecular flexibility index (Phi) is 4.19. The fourth-order valence-electron chi connectivity index (χ4n) is 2.66. The summed E-state index contributed by atoms with van der Waals surface area (Å²) in [6.07, 6.45) is 7.94. The molecule has 0 aromatic carbocycles. The predicted molar refractivity (Wildman–Crippen MR) is 77.6 cm³/mol. The van der Waals surface area contributed by atoms with E-state index in [9.17, 15) is 4.79 Å². The number of carbonyl (C=O) groups excluding carboxylic acids is 1. The van der Waals surface area contributed by atoms with Gasteiger partial charge in [0.15, 0.2) is 0 Å². The molecule has 1 saturated carbocycles. The Hall–Kier alpha value is -1.43. The number of hydrogen-bond donors (Lipinski definition) is 2. The molecule has 1 aliphatic rings. The van der Waals surface area contributed by atoms with Crippen molar-refractivity contribution in [2.24, 2.45) is 18.2 Å². The lowest BCUT2D eigenvalue weighted by atomic mass is 9.85. The third kappa shape index (κ3) is 2.78. The van der Waals surface area contributed by atoms with E-state index in [2.05, 4.69) is 10.3 Å². The summed E-state index contributed by atoms with van der Waals surface area (Å²) < 4.78 is 1.95. The first-order valence-corrected chi connectivity index (χ1v) is 7.01. The molecule has 5 nitrogen and oxygen atoms in total. The van der Waals surface area contributed by atoms with Gasteiger partial charge < -0.3 is 15.6 Å². The fraction of sp³-hybridized carbons (Fsp3) is 0.615. The molecule has 0 radical (unpaired) electrons. The first kappa shape index (κ1) is 14.0. The first-order valence-electron chi connectivity index (χ1n) is 6.61. The van der Waals surface area contributed by atoms with E-state index in [0.717, 1.165) is 31.5 Å². The molecular weight excluding hydrogens is 260 g/mol. The van der Waals surface area contributed by atoms with Crippen LogP contribution in [0.1, 0.15) is 31.5 Å². The molecule has 2 rings (SSSR count). The molecule has 3 N–H and O–H groups in total. The van der Waals surface area contributed by atoms with E-state index in [1.807, 2.05) is 17.8 Å². The van der Waals surface area contributed by atoms with Gasteiger partial charge in [-0.15, -0.1) is 0 Å². The monoisotopic (exact) mass is 280 g/mol. The second kappa shape index (κ2) is 5.69. The van der Waals surface area contributed by atoms with E-state index in [1.54, 1.807) is 6.20 Å². The average molecular weight is 280 g/mol. The molecule has 0 bridgehead atoms. The summed E-state index contributed by atoms with van der Waals surface area (Å²) in [5.74, 6) is 0.933. The van der Waals surface area contributed by atoms with Crippen LogP contribution < -0.4 is 11.1 Å². The number of aryl methyl sites for hydroxylation is 1. The summed E-state index contributed by atoms with van der Waals surface area (Å²) in [5, 5.41) is 2.95. The molecule has 1 heterocycles. The van der Waals surface area contributed by atoms with Crippen LogP contribution in [0.5, 0.6) is 0 Å². The number of aromatic nitrogens is 2. The maximum atomic E-state index is 12.3. The highest BCUT2D eigenvalue weighted by Gasteiger charge is 2.43. The first-order chi connectivity index (χ1) is 9.06. The second-order valence-electron chi connectivity index (χ2n) is 5.11. The summed E-state index contributed by atoms with van der Waals surface area (Å²) in [4.78, 5) is 16.9. The molecule has 1 aromatic rings. The lowest BCUT2D eigenvalue weighted by molar-refractivity contribution is -0.127. The van der Waals surface area contributed by atoms with Crippen molar-refractivity contribution in [3.63, 3.8) is 0 Å². The largest absolute Gasteiger partial charge is 0.392 e. The van der Waals surface area contributed by atoms with Gasteiger partial charge in [0, 0.05) is 32.4 Å². The summed E-state index contributed by atoms with van der Waals surface area (Å²) in [6, 6.07) is 0. The van der Waals surface area contributed by atoms with Crippen molar-refractivity contribution in [2.75, 3.05) is 6.54 Å². The Bertz CT molecular complexity index is 477. The zero-order valence-electron chi connectivity index (χ0n) is 11.2. The van der Waals surface area contributed by atoms with Gasteiger partial charge in [-0.1, -0.05) is 25.1 Å². The van der Waals surface area contributed by atoms with Crippen molar-refractivity contribution in [3.05, 3.63) is 18.2 Å². The van der Waals surface area contributed by atoms with Crippen molar-refractivity contribution in [2.45, 2.75) is 32.1 Å². The van der Waals surface area contributed by atoms with Crippen LogP contribution in [0, 0.1) is 5.41 Å². The lowest BCUT2D eigenvalue weighted by Crippen LogP contribution is -2.47. The van der Waals surface area contributed by atoms with Gasteiger partial charge in [-0.25, -0.2) is 4.98 Å². The number of nitrogens with one attached hydrogen (secondary N) is 1. The number of hydrogen-bond acceptors (Lipinski definition) is 3. The van der Waals surface area contributed by atoms with Crippen molar-refractivity contribution < 1.29 is 4.79 Å². The highest BCUT2D eigenvalue weighted by Crippen LogP contribution is 2.38. The molecule has 0 unspecified atom stereocenters. The zero-order valence-corrected chi connectivity index (χ0v) is 12.0. The minimum absolute atomic E-state index is 0.0216. The minimum Gasteiger partial charge on any atom is -0.392 e. The van der Waals surface area contributed by atoms with Crippen molar-refractivity contribution in [1.82, 2.24) is 14.9 Å². The van der Waals surface area contributed by atoms with Gasteiger partial charge in [-0.3, -0.25) is 4.79 Å². The maximum absolute atomic E-state index is 12.3. The average Bonchev–Trinajstić information content (AvgIpc) is 2.99. The lowest BCUT2D eigenvalue weighted by Gasteiger charge is -2.26. The summed E-state index contributed by atoms with van der Waals surface area (Å²) >= 11 is 5.10. The maximum Gasteiger partial charge on any atom is 0.233 e. The summed E-state index contributed by atoms with van der Waals surface area (Å²) in [6.45, 7) is 0.564. The van der Waals surface area contributed by atoms with Gasteiger partial charge in [0.25, 0.3) is 0 Å². The van der Waals surface area contributed by atoms with Crippen LogP contribution in [0.2, 0.25) is 0 Å². The number of rotatable bonds is 5. The summed E-state index contributed by atoms with van der Waals surface area (Å²) in [7, 11) is 1.94. The van der Waals surface area contributed by atoms with Crippen LogP contribution in [0.15, 0.2) is 12.4 Å². The molecule has 0 aliphatic heterocycles. The number of imidazole rings is 1. The predicted octanol–water partition coefficient (Wildman–Crippen LogP) is 0.925. The van der Waals surface area contributed by atoms with Gasteiger partial charge in [0.1, 0.15) is 5.82 Å². The van der Waals surface area contributed by atoms with E-state index >= 15 is 0 Å². The Balaban J connectivity index is 1.90. The molecule has 1 fully saturated rings. The highest BCUT2D eigenvalue weighted by molar-refractivity contribution is 7.80. The Morgan fingerprint density at radius 1 is 1.58 bits per heavy atom. The van der Waals surface area contributed by atoms with Crippen molar-refractivity contribution in [1.29, 1.82) is 0 Å². The normalized spacial score (nSPS) is 17.3. The number of nitrogens with two attached hydrogens (primary N) is 1. The van der Waals surface area contributed by atoms with E-state index in [-0.39, 0.29) is 5.91 Å². The van der Waals surface area contributed by atoms with Gasteiger partial charge >= 0.3 is 0 Å². The number of nitrogens with zero attached hydrogens (tertiary/aromatic N) is 2. The van der Waals surface area contributed by atoms with Crippen LogP contribution in [-0.4, -0.2) is 27.0 Å². The Morgan fingerprint density at radius 2 is 2.26 bits per heavy atom. The molecule has 6 heteroatoms. The van der Waals surface area contributed by atoms with Crippen LogP contribution in [-0.2, 0) is 18.3 Å². The molecule has 1 aromatic heterocycles. The van der Waals surface area contributed by atoms with Crippen molar-refractivity contribution >= 4 is 23.1 Å². The van der Waals surface area contributed by atoms with Gasteiger partial charge in [-0.2, -0.15) is 0 Å². The molecule has 19 heavy (non-hydrogen) atoms. The molecule has 1 amide bonds. The van der Waals surface area contributed by atoms with E-state index < -0.39 is 5.41 Å². The van der Waals surface area contributed by atoms with E-state index in [0.29, 0.717) is 18.0 Å². The quantitative estimate of drug-likeness (QED) is 0.787. The van der Waals surface area contributed by atoms with Gasteiger partial charge in [-0.05, 0) is 12.8 Å². The van der Waals surface area contributed by atoms with Gasteiger partial charge in [0.05, 0.1) is 10.4 Å². The topological polar surface area (TPSA) is 72.9 Å². The fourth-order valence-corrected chi connectivity index (χ4v) is 2.96. The Labute approximate surface area is 118 Å². The van der Waals surface area contributed by atoms with Crippen LogP contribution in [0.3, 0.4) is 0 Å². The number of carbonyl (C=O) groups is 1. The highest BCUT2D eigenvalue weighted by atomic mass is 32.1. The van der Waals surface area contributed by atoms with Crippen LogP contribution in [0.4, 0.5) is 0 Å². The molecule has 0 spiro atoms. The third-order valence-corrected chi connectivity index (χ3v) is 4.31. The van der Waals surface area contributed by atoms with Gasteiger partial charge in [0.2, 0.25) is 5.91 Å². The van der Waals surface area contributed by atoms with Crippen LogP contribution in [0.25, 0.3) is 0 Å². The SMILES string of the molecule is Cn1ccnc1CCNC(=O)C1(C(N)=S)CCCC1. The standard InChI is InChI=1S/C13H20N4OS/c1-17-9-8-15-10(17)4-7-16-12(18)13(11(14)19)5-2-3-6-13/h8-9H,2-7H2,1H3,(H2,14,19)(H,16,18). The van der Waals surface area contributed by atoms with Crippen LogP contribution >= 0.6 is 12.2 Å². The van der Waals surface area contributed by atoms with E-state index in [1.165, 1.54) is 0 Å². The smallest absolute Gasteiger partial charge is 0.233 e. The molecule has 1 aliphatic carbocycles. The zero-order chi connectivity index (χ0) is 13.9. The van der Waals surface area contributed by atoms with Crippen molar-refractivity contribution in [3.8, 4) is 0 Å². The molecular formula is C13H20N4OS. The summed E-state index contributed by atoms with van der Waals surface area (Å²) in [5.41, 5.74) is 5.16. The van der Waals surface area contributed by atoms with E-state index in [4.69, 9.17) is 18.0 Å². The number of thiocarbonyl (C=S) groups is 1. The molecule has 0 saturated heterocycles. The molecule has 104 valence electrons. The molecule has 0 atom stereocenters. The second-order valence-corrected chi connectivity index (χ2v) is 5.55. The Morgan fingerprint density at radius 3 is 2.79 bits per heavy atom. The number of amides is 1. The minimum atomic E-state index is -0.614. The third-order valence-electron chi connectivity index (χ3n) is 3.92.